The second-order valence-electron chi connectivity index (χ2n) is 5.78. The lowest BCUT2D eigenvalue weighted by Crippen LogP contribution is -2.38. The summed E-state index contributed by atoms with van der Waals surface area (Å²) in [6, 6.07) is 4.79. The molecule has 0 aliphatic rings. The van der Waals surface area contributed by atoms with Crippen LogP contribution in [0, 0.1) is 5.41 Å². The molecule has 108 valence electrons. The lowest BCUT2D eigenvalue weighted by atomic mass is 9.84. The van der Waals surface area contributed by atoms with Crippen molar-refractivity contribution in [2.75, 3.05) is 0 Å². The van der Waals surface area contributed by atoms with Gasteiger partial charge in [-0.25, -0.2) is 0 Å². The number of halogens is 3. The number of benzene rings is 1. The molecule has 5 heteroatoms. The number of aliphatic hydroxyl groups is 2. The Morgan fingerprint density at radius 2 is 1.68 bits per heavy atom. The van der Waals surface area contributed by atoms with Gasteiger partial charge in [-0.3, -0.25) is 0 Å². The summed E-state index contributed by atoms with van der Waals surface area (Å²) in [5.41, 5.74) is -0.922. The van der Waals surface area contributed by atoms with Gasteiger partial charge in [0.15, 0.2) is 0 Å². The monoisotopic (exact) mass is 276 g/mol. The van der Waals surface area contributed by atoms with E-state index < -0.39 is 29.4 Å². The Bertz CT molecular complexity index is 421. The minimum atomic E-state index is -4.40. The van der Waals surface area contributed by atoms with Crippen LogP contribution in [0.3, 0.4) is 0 Å². The molecule has 0 aliphatic carbocycles. The molecule has 19 heavy (non-hydrogen) atoms. The molecule has 2 unspecified atom stereocenters. The van der Waals surface area contributed by atoms with E-state index in [0.29, 0.717) is 5.56 Å². The first-order valence-electron chi connectivity index (χ1n) is 6.04. The van der Waals surface area contributed by atoms with E-state index in [1.807, 2.05) is 0 Å². The number of hydrogen-bond donors (Lipinski definition) is 2. The standard InChI is InChI=1S/C14H19F3O2/c1-13(2,3)12(19)11(18)8-9-5-4-6-10(7-9)14(15,16)17/h4-7,11-12,18-19H,8H2,1-3H3. The molecule has 2 nitrogen and oxygen atoms in total. The number of rotatable bonds is 3. The Morgan fingerprint density at radius 3 is 2.16 bits per heavy atom. The minimum absolute atomic E-state index is 0.0116. The van der Waals surface area contributed by atoms with E-state index in [-0.39, 0.29) is 6.42 Å². The number of aliphatic hydroxyl groups excluding tert-OH is 2. The van der Waals surface area contributed by atoms with Crippen molar-refractivity contribution in [2.45, 2.75) is 45.6 Å². The van der Waals surface area contributed by atoms with Gasteiger partial charge in [-0.15, -0.1) is 0 Å². The molecule has 0 saturated heterocycles. The first-order valence-corrected chi connectivity index (χ1v) is 6.04. The van der Waals surface area contributed by atoms with Gasteiger partial charge in [0.05, 0.1) is 17.8 Å². The van der Waals surface area contributed by atoms with Crippen LogP contribution in [-0.2, 0) is 12.6 Å². The van der Waals surface area contributed by atoms with Crippen LogP contribution in [0.25, 0.3) is 0 Å². The van der Waals surface area contributed by atoms with Crippen LogP contribution in [0.5, 0.6) is 0 Å². The summed E-state index contributed by atoms with van der Waals surface area (Å²) in [6.07, 6.45) is -6.50. The zero-order valence-corrected chi connectivity index (χ0v) is 11.2. The van der Waals surface area contributed by atoms with Crippen LogP contribution < -0.4 is 0 Å². The molecule has 0 amide bonds. The molecule has 1 rings (SSSR count). The zero-order chi connectivity index (χ0) is 14.8. The molecule has 0 aliphatic heterocycles. The average Bonchev–Trinajstić information content (AvgIpc) is 2.26. The zero-order valence-electron chi connectivity index (χ0n) is 11.2. The maximum absolute atomic E-state index is 12.5. The van der Waals surface area contributed by atoms with Gasteiger partial charge in [-0.1, -0.05) is 39.0 Å². The molecule has 0 fully saturated rings. The molecule has 0 radical (unpaired) electrons. The molecule has 2 N–H and O–H groups in total. The predicted octanol–water partition coefficient (Wildman–Crippen LogP) is 3.02. The molecule has 1 aromatic rings. The molecule has 0 saturated carbocycles. The van der Waals surface area contributed by atoms with Gasteiger partial charge in [0.1, 0.15) is 0 Å². The van der Waals surface area contributed by atoms with Crippen molar-refractivity contribution >= 4 is 0 Å². The Hall–Kier alpha value is -1.07. The lowest BCUT2D eigenvalue weighted by Gasteiger charge is -2.30. The van der Waals surface area contributed by atoms with Crippen LogP contribution in [0.4, 0.5) is 13.2 Å². The first kappa shape index (κ1) is 16.0. The van der Waals surface area contributed by atoms with E-state index >= 15 is 0 Å². The third kappa shape index (κ3) is 4.51. The van der Waals surface area contributed by atoms with Crippen molar-refractivity contribution in [3.63, 3.8) is 0 Å². The number of hydrogen-bond acceptors (Lipinski definition) is 2. The molecule has 0 aromatic heterocycles. The second kappa shape index (κ2) is 5.51. The summed E-state index contributed by atoms with van der Waals surface area (Å²) in [4.78, 5) is 0. The van der Waals surface area contributed by atoms with Crippen molar-refractivity contribution in [3.8, 4) is 0 Å². The quantitative estimate of drug-likeness (QED) is 0.891. The SMILES string of the molecule is CC(C)(C)C(O)C(O)Cc1cccc(C(F)(F)F)c1. The van der Waals surface area contributed by atoms with E-state index in [1.165, 1.54) is 12.1 Å². The molecule has 2 atom stereocenters. The normalized spacial score (nSPS) is 16.2. The summed E-state index contributed by atoms with van der Waals surface area (Å²) in [5, 5.41) is 19.7. The summed E-state index contributed by atoms with van der Waals surface area (Å²) < 4.78 is 37.6. The van der Waals surface area contributed by atoms with Gasteiger partial charge in [-0.05, 0) is 17.0 Å². The highest BCUT2D eigenvalue weighted by atomic mass is 19.4. The smallest absolute Gasteiger partial charge is 0.390 e. The Labute approximate surface area is 110 Å². The van der Waals surface area contributed by atoms with E-state index in [0.717, 1.165) is 12.1 Å². The van der Waals surface area contributed by atoms with Gasteiger partial charge in [-0.2, -0.15) is 13.2 Å². The predicted molar refractivity (Wildman–Crippen MR) is 66.6 cm³/mol. The van der Waals surface area contributed by atoms with Crippen LogP contribution in [0.15, 0.2) is 24.3 Å². The fourth-order valence-corrected chi connectivity index (χ4v) is 1.80. The van der Waals surface area contributed by atoms with Gasteiger partial charge in [0, 0.05) is 6.42 Å². The van der Waals surface area contributed by atoms with Crippen LogP contribution in [-0.4, -0.2) is 22.4 Å². The van der Waals surface area contributed by atoms with Crippen LogP contribution in [0.2, 0.25) is 0 Å². The highest BCUT2D eigenvalue weighted by molar-refractivity contribution is 5.26. The van der Waals surface area contributed by atoms with Crippen LogP contribution >= 0.6 is 0 Å². The minimum Gasteiger partial charge on any atom is -0.390 e. The van der Waals surface area contributed by atoms with Gasteiger partial charge in [0.25, 0.3) is 0 Å². The topological polar surface area (TPSA) is 40.5 Å². The summed E-state index contributed by atoms with van der Waals surface area (Å²) in [5.74, 6) is 0. The molecule has 0 heterocycles. The average molecular weight is 276 g/mol. The van der Waals surface area contributed by atoms with Crippen molar-refractivity contribution in [1.29, 1.82) is 0 Å². The van der Waals surface area contributed by atoms with Crippen molar-refractivity contribution in [3.05, 3.63) is 35.4 Å². The fourth-order valence-electron chi connectivity index (χ4n) is 1.80. The summed E-state index contributed by atoms with van der Waals surface area (Å²) in [7, 11) is 0. The summed E-state index contributed by atoms with van der Waals surface area (Å²) >= 11 is 0. The lowest BCUT2D eigenvalue weighted by molar-refractivity contribution is -0.137. The maximum atomic E-state index is 12.5. The van der Waals surface area contributed by atoms with E-state index in [9.17, 15) is 23.4 Å². The fraction of sp³-hybridized carbons (Fsp3) is 0.571. The molecular formula is C14H19F3O2. The third-order valence-corrected chi connectivity index (χ3v) is 2.95. The van der Waals surface area contributed by atoms with Gasteiger partial charge < -0.3 is 10.2 Å². The molecule has 1 aromatic carbocycles. The largest absolute Gasteiger partial charge is 0.416 e. The van der Waals surface area contributed by atoms with Gasteiger partial charge in [0.2, 0.25) is 0 Å². The van der Waals surface area contributed by atoms with Crippen molar-refractivity contribution < 1.29 is 23.4 Å². The Morgan fingerprint density at radius 1 is 1.11 bits per heavy atom. The highest BCUT2D eigenvalue weighted by Gasteiger charge is 2.32. The Balaban J connectivity index is 2.83. The molecular weight excluding hydrogens is 257 g/mol. The van der Waals surface area contributed by atoms with E-state index in [2.05, 4.69) is 0 Å². The molecule has 0 bridgehead atoms. The Kier molecular flexibility index (Phi) is 4.63. The van der Waals surface area contributed by atoms with Gasteiger partial charge >= 0.3 is 6.18 Å². The first-order chi connectivity index (χ1) is 8.51. The highest BCUT2D eigenvalue weighted by Crippen LogP contribution is 2.30. The van der Waals surface area contributed by atoms with Crippen molar-refractivity contribution in [1.82, 2.24) is 0 Å². The number of alkyl halides is 3. The van der Waals surface area contributed by atoms with Crippen molar-refractivity contribution in [2.24, 2.45) is 5.41 Å². The van der Waals surface area contributed by atoms with Crippen LogP contribution in [0.1, 0.15) is 31.9 Å². The molecule has 0 spiro atoms. The third-order valence-electron chi connectivity index (χ3n) is 2.95. The second-order valence-corrected chi connectivity index (χ2v) is 5.78. The maximum Gasteiger partial charge on any atom is 0.416 e. The van der Waals surface area contributed by atoms with E-state index in [1.54, 1.807) is 20.8 Å². The summed E-state index contributed by atoms with van der Waals surface area (Å²) in [6.45, 7) is 5.27. The van der Waals surface area contributed by atoms with E-state index in [4.69, 9.17) is 0 Å².